The molecule has 0 aliphatic rings. The molecule has 0 aliphatic heterocycles. The molecule has 0 unspecified atom stereocenters. The third-order valence-electron chi connectivity index (χ3n) is 15.9. The summed E-state index contributed by atoms with van der Waals surface area (Å²) in [7, 11) is 0. The topological polar surface area (TPSA) is 15.3 Å². The van der Waals surface area contributed by atoms with Gasteiger partial charge in [0, 0.05) is 65.8 Å². The van der Waals surface area contributed by atoms with Gasteiger partial charge in [-0.05, 0) is 130 Å². The smallest absolute Gasteiger partial charge is 0.0621 e. The molecule has 0 bridgehead atoms. The number of benzene rings is 9. The summed E-state index contributed by atoms with van der Waals surface area (Å²) >= 11 is 0. The molecule has 0 N–H and O–H groups in total. The van der Waals surface area contributed by atoms with Crippen LogP contribution >= 0.6 is 0 Å². The second-order valence-corrected chi connectivity index (χ2v) is 23.1. The van der Waals surface area contributed by atoms with Crippen molar-refractivity contribution in [2.75, 3.05) is 9.80 Å². The van der Waals surface area contributed by atoms with Crippen LogP contribution in [0, 0.1) is 0 Å². The minimum absolute atomic E-state index is 0.0573. The first kappa shape index (κ1) is 44.1. The van der Waals surface area contributed by atoms with Crippen molar-refractivity contribution in [2.24, 2.45) is 0 Å². The molecule has 9 aromatic carbocycles. The van der Waals surface area contributed by atoms with Gasteiger partial charge in [-0.3, -0.25) is 0 Å². The molecule has 0 amide bonds. The maximum absolute atomic E-state index is 2.55. The van der Waals surface area contributed by atoms with Crippen LogP contribution < -0.4 is 9.80 Å². The van der Waals surface area contributed by atoms with E-state index in [1.807, 2.05) is 0 Å². The molecule has 0 spiro atoms. The third-order valence-corrected chi connectivity index (χ3v) is 15.9. The van der Waals surface area contributed by atoms with Gasteiger partial charge < -0.3 is 18.6 Å². The molecule has 0 saturated carbocycles. The van der Waals surface area contributed by atoms with E-state index in [9.17, 15) is 0 Å². The van der Waals surface area contributed by atoms with E-state index in [1.165, 1.54) is 110 Å². The summed E-state index contributed by atoms with van der Waals surface area (Å²) in [5.74, 6) is 0.907. The van der Waals surface area contributed by atoms with Crippen molar-refractivity contribution in [3.05, 3.63) is 204 Å². The van der Waals surface area contributed by atoms with Crippen molar-refractivity contribution >= 4 is 110 Å². The zero-order valence-corrected chi connectivity index (χ0v) is 43.3. The average molecular weight is 935 g/mol. The summed E-state index contributed by atoms with van der Waals surface area (Å²) in [6.45, 7) is 22.8. The average Bonchev–Trinajstić information content (AvgIpc) is 4.10. The Labute approximate surface area is 423 Å². The number of hydrogen-bond donors (Lipinski definition) is 0. The molecule has 0 aliphatic carbocycles. The molecule has 0 fully saturated rings. The van der Waals surface area contributed by atoms with E-state index in [0.717, 1.165) is 22.7 Å². The molecule has 13 rings (SSSR count). The predicted molar refractivity (Wildman–Crippen MR) is 311 cm³/mol. The predicted octanol–water partition coefficient (Wildman–Crippen LogP) is 19.8. The van der Waals surface area contributed by atoms with E-state index in [4.69, 9.17) is 0 Å². The van der Waals surface area contributed by atoms with Gasteiger partial charge in [-0.1, -0.05) is 166 Å². The molecule has 0 atom stereocenters. The van der Waals surface area contributed by atoms with Crippen molar-refractivity contribution in [3.8, 4) is 0 Å². The van der Waals surface area contributed by atoms with E-state index >= 15 is 0 Å². The number of nitrogens with zero attached hydrogens (tertiary/aromatic N) is 4. The van der Waals surface area contributed by atoms with Crippen LogP contribution in [-0.4, -0.2) is 8.80 Å². The van der Waals surface area contributed by atoms with Gasteiger partial charge in [0.1, 0.15) is 0 Å². The lowest BCUT2D eigenvalue weighted by Gasteiger charge is -2.28. The maximum atomic E-state index is 2.55. The third kappa shape index (κ3) is 6.57. The number of hydrogen-bond acceptors (Lipinski definition) is 2. The summed E-state index contributed by atoms with van der Waals surface area (Å²) < 4.78 is 5.11. The first-order valence-corrected chi connectivity index (χ1v) is 26.0. The normalized spacial score (nSPS) is 12.8. The van der Waals surface area contributed by atoms with Crippen LogP contribution in [0.3, 0.4) is 0 Å². The monoisotopic (exact) mass is 934 g/mol. The van der Waals surface area contributed by atoms with Gasteiger partial charge in [-0.25, -0.2) is 0 Å². The van der Waals surface area contributed by atoms with Gasteiger partial charge in [0.15, 0.2) is 0 Å². The van der Waals surface area contributed by atoms with Crippen LogP contribution in [0.25, 0.3) is 76.2 Å². The molecule has 13 aromatic rings. The van der Waals surface area contributed by atoms with Crippen molar-refractivity contribution < 1.29 is 0 Å². The van der Waals surface area contributed by atoms with E-state index in [1.54, 1.807) is 0 Å². The maximum Gasteiger partial charge on any atom is 0.0621 e. The molecule has 4 aromatic heterocycles. The largest absolute Gasteiger partial charge is 0.310 e. The zero-order chi connectivity index (χ0) is 49.5. The van der Waals surface area contributed by atoms with Gasteiger partial charge in [0.25, 0.3) is 0 Å². The summed E-state index contributed by atoms with van der Waals surface area (Å²) in [6.07, 6.45) is 0. The first-order chi connectivity index (χ1) is 34.7. The van der Waals surface area contributed by atoms with Crippen LogP contribution in [0.5, 0.6) is 0 Å². The summed E-state index contributed by atoms with van der Waals surface area (Å²) in [5.41, 5.74) is 19.8. The lowest BCUT2D eigenvalue weighted by atomic mass is 9.87. The molecule has 0 radical (unpaired) electrons. The quantitative estimate of drug-likeness (QED) is 0.151. The Hall–Kier alpha value is -7.82. The highest BCUT2D eigenvalue weighted by molar-refractivity contribution is 6.31. The number of para-hydroxylation sites is 2. The van der Waals surface area contributed by atoms with E-state index in [2.05, 4.69) is 270 Å². The second kappa shape index (κ2) is 15.8. The fourth-order valence-corrected chi connectivity index (χ4v) is 12.0. The molecule has 4 heterocycles. The highest BCUT2D eigenvalue weighted by atomic mass is 15.2. The lowest BCUT2D eigenvalue weighted by Crippen LogP contribution is -2.13. The second-order valence-electron chi connectivity index (χ2n) is 23.1. The van der Waals surface area contributed by atoms with Crippen molar-refractivity contribution in [2.45, 2.75) is 91.9 Å². The Balaban J connectivity index is 1.04. The summed E-state index contributed by atoms with van der Waals surface area (Å²) in [5, 5.41) is 10.1. The molecule has 4 nitrogen and oxygen atoms in total. The van der Waals surface area contributed by atoms with Crippen LogP contribution in [-0.2, 0) is 10.8 Å². The van der Waals surface area contributed by atoms with E-state index in [0.29, 0.717) is 11.8 Å². The Morgan fingerprint density at radius 2 is 0.653 bits per heavy atom. The standard InChI is InChI=1S/C68H62N4/c1-41(2)43-23-31-47(32-24-43)69(49-35-27-45(28-36-49)67(5,6)7)57-19-13-21-59-63(57)53-17-11-15-51-55-40-62-56(39-61(55)71(59)65(51)53)52-16-12-18-54-64-58(20-14-22-60(64)72(62)66(52)54)70(48-33-25-44(26-34-48)42(3)4)50-37-29-46(30-38-50)68(8,9)10/h11-42H,1-10H3. The van der Waals surface area contributed by atoms with Crippen molar-refractivity contribution in [3.63, 3.8) is 0 Å². The van der Waals surface area contributed by atoms with Gasteiger partial charge >= 0.3 is 0 Å². The van der Waals surface area contributed by atoms with Gasteiger partial charge in [-0.2, -0.15) is 0 Å². The minimum atomic E-state index is 0.0573. The van der Waals surface area contributed by atoms with Crippen LogP contribution in [0.1, 0.15) is 103 Å². The molecule has 354 valence electrons. The fraction of sp³-hybridized carbons (Fsp3) is 0.206. The summed E-state index contributed by atoms with van der Waals surface area (Å²) in [4.78, 5) is 4.94. The lowest BCUT2D eigenvalue weighted by molar-refractivity contribution is 0.590. The Bertz CT molecular complexity index is 3910. The van der Waals surface area contributed by atoms with E-state index < -0.39 is 0 Å². The molecule has 0 saturated heterocycles. The first-order valence-electron chi connectivity index (χ1n) is 26.0. The molecular formula is C68H62N4. The number of aromatic nitrogens is 2. The zero-order valence-electron chi connectivity index (χ0n) is 43.3. The Kier molecular flexibility index (Phi) is 9.71. The van der Waals surface area contributed by atoms with Gasteiger partial charge in [-0.15, -0.1) is 0 Å². The van der Waals surface area contributed by atoms with Crippen LogP contribution in [0.15, 0.2) is 182 Å². The highest BCUT2D eigenvalue weighted by Crippen LogP contribution is 2.50. The fourth-order valence-electron chi connectivity index (χ4n) is 12.0. The Morgan fingerprint density at radius 1 is 0.333 bits per heavy atom. The highest BCUT2D eigenvalue weighted by Gasteiger charge is 2.28. The summed E-state index contributed by atoms with van der Waals surface area (Å²) in [6, 6.07) is 69.5. The Morgan fingerprint density at radius 3 is 0.986 bits per heavy atom. The minimum Gasteiger partial charge on any atom is -0.310 e. The van der Waals surface area contributed by atoms with Crippen molar-refractivity contribution in [1.82, 2.24) is 8.80 Å². The molecule has 4 heteroatoms. The molecule has 72 heavy (non-hydrogen) atoms. The number of anilines is 6. The van der Waals surface area contributed by atoms with Crippen LogP contribution in [0.2, 0.25) is 0 Å². The van der Waals surface area contributed by atoms with Gasteiger partial charge in [0.05, 0.1) is 44.5 Å². The van der Waals surface area contributed by atoms with Crippen LogP contribution in [0.4, 0.5) is 34.1 Å². The number of fused-ring (bicyclic) bond motifs is 12. The SMILES string of the molecule is CC(C)c1ccc(N(c2ccc(C(C)(C)C)cc2)c2cccc3c2c2cccc4c5cc6c(cc5n3c42)c2cccc3c4c(N(c5ccc(C(C)C)cc5)c5ccc(C(C)(C)C)cc5)cccc4n6c23)cc1. The molecular weight excluding hydrogens is 873 g/mol. The van der Waals surface area contributed by atoms with Crippen molar-refractivity contribution in [1.29, 1.82) is 0 Å². The van der Waals surface area contributed by atoms with Gasteiger partial charge in [0.2, 0.25) is 0 Å². The number of rotatable bonds is 8. The van der Waals surface area contributed by atoms with E-state index in [-0.39, 0.29) is 10.8 Å².